The van der Waals surface area contributed by atoms with E-state index >= 15 is 0 Å². The second kappa shape index (κ2) is 11.8. The number of rotatable bonds is 8. The van der Waals surface area contributed by atoms with E-state index in [9.17, 15) is 10.1 Å². The Morgan fingerprint density at radius 2 is 1.79 bits per heavy atom. The van der Waals surface area contributed by atoms with Crippen LogP contribution in [0, 0.1) is 28.7 Å². The predicted octanol–water partition coefficient (Wildman–Crippen LogP) is 7.01. The Kier molecular flexibility index (Phi) is 8.89. The van der Waals surface area contributed by atoms with Crippen LogP contribution in [0.3, 0.4) is 0 Å². The monoisotopic (exact) mass is 564 g/mol. The number of ether oxygens (including phenoxy) is 1. The zero-order valence-electron chi connectivity index (χ0n) is 20.0. The van der Waals surface area contributed by atoms with E-state index in [1.165, 1.54) is 16.7 Å². The molecular weight excluding hydrogens is 535 g/mol. The molecule has 0 saturated carbocycles. The minimum Gasteiger partial charge on any atom is -0.494 e. The second-order valence-corrected chi connectivity index (χ2v) is 9.38. The molecule has 3 rings (SSSR count). The van der Waals surface area contributed by atoms with Gasteiger partial charge >= 0.3 is 0 Å². The van der Waals surface area contributed by atoms with Gasteiger partial charge in [-0.2, -0.15) is 5.26 Å². The molecule has 0 fully saturated rings. The van der Waals surface area contributed by atoms with Crippen molar-refractivity contribution in [2.45, 2.75) is 40.5 Å². The number of halogens is 1. The van der Waals surface area contributed by atoms with E-state index in [4.69, 9.17) is 4.74 Å². The van der Waals surface area contributed by atoms with Crippen LogP contribution in [-0.4, -0.2) is 12.5 Å². The largest absolute Gasteiger partial charge is 0.494 e. The zero-order valence-corrected chi connectivity index (χ0v) is 22.2. The van der Waals surface area contributed by atoms with Crippen LogP contribution < -0.4 is 10.1 Å². The number of nitrogens with one attached hydrogen (secondary N) is 1. The van der Waals surface area contributed by atoms with Gasteiger partial charge in [-0.05, 0) is 90.7 Å². The highest BCUT2D eigenvalue weighted by Gasteiger charge is 2.15. The van der Waals surface area contributed by atoms with Crippen LogP contribution in [0.4, 0.5) is 5.69 Å². The Bertz CT molecular complexity index is 1250. The first-order chi connectivity index (χ1) is 16.3. The van der Waals surface area contributed by atoms with Crippen LogP contribution >= 0.6 is 22.6 Å². The van der Waals surface area contributed by atoms with Crippen molar-refractivity contribution in [1.29, 1.82) is 5.26 Å². The normalized spacial score (nSPS) is 11.1. The fourth-order valence-electron chi connectivity index (χ4n) is 4.00. The smallest absolute Gasteiger partial charge is 0.266 e. The molecule has 0 bridgehead atoms. The molecular formula is C29H29IN2O2. The summed E-state index contributed by atoms with van der Waals surface area (Å²) in [5.74, 6) is 0.351. The average Bonchev–Trinajstić information content (AvgIpc) is 2.79. The molecule has 5 heteroatoms. The number of nitriles is 1. The molecule has 4 nitrogen and oxygen atoms in total. The van der Waals surface area contributed by atoms with Crippen molar-refractivity contribution in [2.24, 2.45) is 0 Å². The number of aryl methyl sites for hydroxylation is 3. The third kappa shape index (κ3) is 6.48. The quantitative estimate of drug-likeness (QED) is 0.182. The number of benzene rings is 3. The molecule has 34 heavy (non-hydrogen) atoms. The van der Waals surface area contributed by atoms with Gasteiger partial charge in [0.25, 0.3) is 5.91 Å². The van der Waals surface area contributed by atoms with Gasteiger partial charge in [-0.25, -0.2) is 0 Å². The maximum Gasteiger partial charge on any atom is 0.266 e. The van der Waals surface area contributed by atoms with Crippen LogP contribution in [-0.2, 0) is 17.6 Å². The van der Waals surface area contributed by atoms with Crippen LogP contribution in [0.15, 0.2) is 60.2 Å². The molecule has 174 valence electrons. The SMILES string of the molecule is CCOc1cc(/C=C(\C#N)C(=O)Nc2ccccc2CC)cc(I)c1Cc1cc(C)cc(C)c1. The maximum atomic E-state index is 12.8. The van der Waals surface area contributed by atoms with Gasteiger partial charge < -0.3 is 10.1 Å². The molecule has 0 aromatic heterocycles. The summed E-state index contributed by atoms with van der Waals surface area (Å²) in [5, 5.41) is 12.6. The summed E-state index contributed by atoms with van der Waals surface area (Å²) in [6.07, 6.45) is 3.16. The van der Waals surface area contributed by atoms with Gasteiger partial charge in [0, 0.05) is 21.2 Å². The van der Waals surface area contributed by atoms with Gasteiger partial charge in [0.15, 0.2) is 0 Å². The number of carbonyl (C=O) groups excluding carboxylic acids is 1. The van der Waals surface area contributed by atoms with E-state index in [1.807, 2.05) is 50.2 Å². The first-order valence-electron chi connectivity index (χ1n) is 11.4. The van der Waals surface area contributed by atoms with Crippen molar-refractivity contribution in [2.75, 3.05) is 11.9 Å². The summed E-state index contributed by atoms with van der Waals surface area (Å²) in [6.45, 7) is 8.72. The number of carbonyl (C=O) groups is 1. The summed E-state index contributed by atoms with van der Waals surface area (Å²) < 4.78 is 7.01. The molecule has 0 atom stereocenters. The lowest BCUT2D eigenvalue weighted by molar-refractivity contribution is -0.112. The van der Waals surface area contributed by atoms with E-state index in [-0.39, 0.29) is 5.57 Å². The molecule has 1 N–H and O–H groups in total. The molecule has 3 aromatic carbocycles. The van der Waals surface area contributed by atoms with E-state index in [1.54, 1.807) is 6.08 Å². The lowest BCUT2D eigenvalue weighted by Crippen LogP contribution is -2.14. The molecule has 0 spiro atoms. The Morgan fingerprint density at radius 3 is 2.44 bits per heavy atom. The van der Waals surface area contributed by atoms with Gasteiger partial charge in [-0.15, -0.1) is 0 Å². The lowest BCUT2D eigenvalue weighted by Gasteiger charge is -2.15. The van der Waals surface area contributed by atoms with Crippen molar-refractivity contribution < 1.29 is 9.53 Å². The third-order valence-corrected chi connectivity index (χ3v) is 6.42. The average molecular weight is 564 g/mol. The first kappa shape index (κ1) is 25.5. The molecule has 0 aliphatic carbocycles. The molecule has 0 radical (unpaired) electrons. The predicted molar refractivity (Wildman–Crippen MR) is 147 cm³/mol. The van der Waals surface area contributed by atoms with Gasteiger partial charge in [0.2, 0.25) is 0 Å². The highest BCUT2D eigenvalue weighted by molar-refractivity contribution is 14.1. The van der Waals surface area contributed by atoms with Gasteiger partial charge in [-0.1, -0.05) is 54.4 Å². The minimum atomic E-state index is -0.421. The maximum absolute atomic E-state index is 12.8. The van der Waals surface area contributed by atoms with Crippen LogP contribution in [0.1, 0.15) is 47.2 Å². The third-order valence-electron chi connectivity index (χ3n) is 5.46. The van der Waals surface area contributed by atoms with Gasteiger partial charge in [0.05, 0.1) is 6.61 Å². The minimum absolute atomic E-state index is 0.0474. The van der Waals surface area contributed by atoms with Crippen molar-refractivity contribution in [3.63, 3.8) is 0 Å². The number of anilines is 1. The summed E-state index contributed by atoms with van der Waals surface area (Å²) >= 11 is 2.31. The van der Waals surface area contributed by atoms with Gasteiger partial charge in [-0.3, -0.25) is 4.79 Å². The second-order valence-electron chi connectivity index (χ2n) is 8.22. The van der Waals surface area contributed by atoms with E-state index in [2.05, 4.69) is 66.0 Å². The summed E-state index contributed by atoms with van der Waals surface area (Å²) in [6, 6.07) is 20.1. The number of hydrogen-bond acceptors (Lipinski definition) is 3. The number of nitrogens with zero attached hydrogens (tertiary/aromatic N) is 1. The lowest BCUT2D eigenvalue weighted by atomic mass is 9.98. The number of para-hydroxylation sites is 1. The van der Waals surface area contributed by atoms with Crippen molar-refractivity contribution in [3.8, 4) is 11.8 Å². The first-order valence-corrected chi connectivity index (χ1v) is 12.5. The topological polar surface area (TPSA) is 62.1 Å². The fourth-order valence-corrected chi connectivity index (χ4v) is 4.82. The van der Waals surface area contributed by atoms with Crippen LogP contribution in [0.2, 0.25) is 0 Å². The molecule has 1 amide bonds. The van der Waals surface area contributed by atoms with Crippen molar-refractivity contribution in [3.05, 3.63) is 97.1 Å². The van der Waals surface area contributed by atoms with Crippen LogP contribution in [0.25, 0.3) is 6.08 Å². The molecule has 0 aliphatic heterocycles. The zero-order chi connectivity index (χ0) is 24.7. The van der Waals surface area contributed by atoms with Crippen LogP contribution in [0.5, 0.6) is 5.75 Å². The highest BCUT2D eigenvalue weighted by Crippen LogP contribution is 2.30. The highest BCUT2D eigenvalue weighted by atomic mass is 127. The molecule has 0 unspecified atom stereocenters. The summed E-state index contributed by atoms with van der Waals surface area (Å²) in [7, 11) is 0. The van der Waals surface area contributed by atoms with Gasteiger partial charge in [0.1, 0.15) is 17.4 Å². The Labute approximate surface area is 215 Å². The van der Waals surface area contributed by atoms with Crippen molar-refractivity contribution in [1.82, 2.24) is 0 Å². The number of hydrogen-bond donors (Lipinski definition) is 1. The fraction of sp³-hybridized carbons (Fsp3) is 0.241. The van der Waals surface area contributed by atoms with E-state index in [0.717, 1.165) is 44.5 Å². The number of amides is 1. The van der Waals surface area contributed by atoms with Crippen molar-refractivity contribution >= 4 is 40.3 Å². The Morgan fingerprint density at radius 1 is 1.09 bits per heavy atom. The Balaban J connectivity index is 1.93. The molecule has 0 heterocycles. The molecule has 3 aromatic rings. The summed E-state index contributed by atoms with van der Waals surface area (Å²) in [4.78, 5) is 12.8. The Hall–Kier alpha value is -3.11. The van der Waals surface area contributed by atoms with E-state index < -0.39 is 5.91 Å². The molecule has 0 aliphatic rings. The molecule has 0 saturated heterocycles. The van der Waals surface area contributed by atoms with E-state index in [0.29, 0.717) is 6.61 Å². The standard InChI is InChI=1S/C29H29IN2O2/c1-5-23-9-7-8-10-27(23)32-29(33)24(18-31)14-22-16-26(30)25(28(17-22)34-6-2)15-21-12-19(3)11-20(4)13-21/h7-14,16-17H,5-6,15H2,1-4H3,(H,32,33)/b24-14+. The summed E-state index contributed by atoms with van der Waals surface area (Å²) in [5.41, 5.74) is 7.35.